The van der Waals surface area contributed by atoms with Gasteiger partial charge in [-0.2, -0.15) is 13.4 Å². The Labute approximate surface area is 554 Å². The predicted octanol–water partition coefficient (Wildman–Crippen LogP) is 12.3. The molecule has 0 atom stereocenters. The number of benzene rings is 8. The normalized spacial score (nSPS) is 11.5. The van der Waals surface area contributed by atoms with Gasteiger partial charge in [0.15, 0.2) is 5.82 Å². The van der Waals surface area contributed by atoms with Crippen molar-refractivity contribution in [1.29, 1.82) is 0 Å². The Kier molecular flexibility index (Phi) is 22.3. The SMILES string of the molecule is COc1ccc(CN(Cc2ccc(OC)cc2)S(=O)(=O)c2c(Br)ccc(I)c2-c2nnn(Cc3ccc(OC)cc3)n2)cc1.COc1ccc(CN(Cc2ccc(OC)cc2)S(=O)(=O)c2c(Br)ccc(I)c2-c2nnnn2Cc2ccc(OC)cc2)cc1. The van der Waals surface area contributed by atoms with Crippen LogP contribution in [0.4, 0.5) is 0 Å². The molecule has 0 fully saturated rings. The van der Waals surface area contributed by atoms with Crippen LogP contribution in [0.15, 0.2) is 189 Å². The van der Waals surface area contributed by atoms with Gasteiger partial charge >= 0.3 is 0 Å². The molecule has 0 bridgehead atoms. The molecular formula is C62H58Br2I2N10O10S2. The summed E-state index contributed by atoms with van der Waals surface area (Å²) in [4.78, 5) is 1.59. The third kappa shape index (κ3) is 15.8. The lowest BCUT2D eigenvalue weighted by molar-refractivity contribution is 0.397. The number of aromatic nitrogens is 8. The first-order chi connectivity index (χ1) is 42.4. The van der Waals surface area contributed by atoms with E-state index in [4.69, 9.17) is 28.4 Å². The van der Waals surface area contributed by atoms with Crippen LogP contribution < -0.4 is 28.4 Å². The zero-order chi connectivity index (χ0) is 62.5. The molecule has 10 aromatic rings. The molecule has 0 spiro atoms. The van der Waals surface area contributed by atoms with E-state index in [1.54, 1.807) is 59.5 Å². The second-order valence-electron chi connectivity index (χ2n) is 19.4. The molecule has 20 nitrogen and oxygen atoms in total. The number of hydrogen-bond acceptors (Lipinski definition) is 16. The fourth-order valence-electron chi connectivity index (χ4n) is 9.13. The molecule has 0 aliphatic carbocycles. The van der Waals surface area contributed by atoms with E-state index < -0.39 is 20.0 Å². The van der Waals surface area contributed by atoms with Crippen LogP contribution in [0.3, 0.4) is 0 Å². The van der Waals surface area contributed by atoms with Crippen molar-refractivity contribution in [1.82, 2.24) is 49.0 Å². The van der Waals surface area contributed by atoms with Gasteiger partial charge in [-0.3, -0.25) is 0 Å². The molecular weight excluding hydrogens is 1520 g/mol. The van der Waals surface area contributed by atoms with Crippen molar-refractivity contribution in [3.63, 3.8) is 0 Å². The molecule has 0 amide bonds. The maximum Gasteiger partial charge on any atom is 0.245 e. The summed E-state index contributed by atoms with van der Waals surface area (Å²) >= 11 is 11.3. The molecule has 0 aliphatic heterocycles. The van der Waals surface area contributed by atoms with Gasteiger partial charge in [-0.15, -0.1) is 15.3 Å². The Bertz CT molecular complexity index is 4110. The minimum Gasteiger partial charge on any atom is -0.497 e. The van der Waals surface area contributed by atoms with Gasteiger partial charge < -0.3 is 28.4 Å². The van der Waals surface area contributed by atoms with E-state index in [9.17, 15) is 16.8 Å². The van der Waals surface area contributed by atoms with Gasteiger partial charge in [0.2, 0.25) is 25.9 Å². The lowest BCUT2D eigenvalue weighted by Crippen LogP contribution is -2.31. The predicted molar refractivity (Wildman–Crippen MR) is 356 cm³/mol. The highest BCUT2D eigenvalue weighted by molar-refractivity contribution is 14.1. The fraction of sp³-hybridized carbons (Fsp3) is 0.194. The van der Waals surface area contributed by atoms with E-state index in [1.165, 1.54) is 13.4 Å². The van der Waals surface area contributed by atoms with Gasteiger partial charge in [0.25, 0.3) is 0 Å². The highest BCUT2D eigenvalue weighted by Crippen LogP contribution is 2.41. The average Bonchev–Trinajstić information content (AvgIpc) is 1.33. The van der Waals surface area contributed by atoms with Crippen molar-refractivity contribution in [2.75, 3.05) is 42.7 Å². The van der Waals surface area contributed by atoms with Crippen molar-refractivity contribution < 1.29 is 45.3 Å². The minimum absolute atomic E-state index is 0.0652. The van der Waals surface area contributed by atoms with E-state index in [1.807, 2.05) is 158 Å². The first-order valence-corrected chi connectivity index (χ1v) is 33.4. The summed E-state index contributed by atoms with van der Waals surface area (Å²) in [5.41, 5.74) is 5.85. The highest BCUT2D eigenvalue weighted by Gasteiger charge is 2.35. The largest absolute Gasteiger partial charge is 0.497 e. The Morgan fingerprint density at radius 2 is 0.727 bits per heavy atom. The third-order valence-electron chi connectivity index (χ3n) is 13.8. The zero-order valence-corrected chi connectivity index (χ0v) is 57.4. The summed E-state index contributed by atoms with van der Waals surface area (Å²) in [6.45, 7) is 1.15. The Morgan fingerprint density at radius 3 is 1.08 bits per heavy atom. The van der Waals surface area contributed by atoms with Crippen LogP contribution in [0.25, 0.3) is 22.8 Å². The van der Waals surface area contributed by atoms with E-state index in [0.717, 1.165) is 44.9 Å². The molecule has 0 aliphatic rings. The number of halogens is 4. The van der Waals surface area contributed by atoms with Crippen LogP contribution in [0.5, 0.6) is 34.5 Å². The van der Waals surface area contributed by atoms with Crippen molar-refractivity contribution in [2.45, 2.75) is 49.1 Å². The van der Waals surface area contributed by atoms with E-state index >= 15 is 0 Å². The van der Waals surface area contributed by atoms with Crippen LogP contribution in [0, 0.1) is 7.14 Å². The van der Waals surface area contributed by atoms with Crippen molar-refractivity contribution in [3.8, 4) is 57.3 Å². The van der Waals surface area contributed by atoms with Gasteiger partial charge in [0.1, 0.15) is 44.3 Å². The Balaban J connectivity index is 0.000000209. The first-order valence-electron chi connectivity index (χ1n) is 26.7. The first kappa shape index (κ1) is 65.4. The van der Waals surface area contributed by atoms with Gasteiger partial charge in [-0.1, -0.05) is 72.8 Å². The lowest BCUT2D eigenvalue weighted by Gasteiger charge is -2.25. The monoisotopic (exact) mass is 1580 g/mol. The molecule has 0 radical (unpaired) electrons. The number of sulfonamides is 2. The number of nitrogens with zero attached hydrogens (tertiary/aromatic N) is 10. The number of tetrazole rings is 2. The molecule has 0 unspecified atom stereocenters. The quantitative estimate of drug-likeness (QED) is 0.0514. The molecule has 2 aromatic heterocycles. The second-order valence-corrected chi connectivity index (χ2v) is 27.2. The fourth-order valence-corrected chi connectivity index (χ4v) is 16.1. The summed E-state index contributed by atoms with van der Waals surface area (Å²) in [5, 5.41) is 25.5. The van der Waals surface area contributed by atoms with Gasteiger partial charge in [-0.05, 0) is 223 Å². The van der Waals surface area contributed by atoms with Crippen molar-refractivity contribution >= 4 is 97.1 Å². The number of methoxy groups -OCH3 is 6. The van der Waals surface area contributed by atoms with Crippen LogP contribution in [0.1, 0.15) is 33.4 Å². The molecule has 0 saturated carbocycles. The summed E-state index contributed by atoms with van der Waals surface area (Å²) in [5.74, 6) is 4.75. The molecule has 10 rings (SSSR count). The summed E-state index contributed by atoms with van der Waals surface area (Å²) in [6, 6.07) is 51.5. The number of hydrogen-bond donors (Lipinski definition) is 0. The Hall–Kier alpha value is -7.06. The van der Waals surface area contributed by atoms with Crippen LogP contribution in [-0.2, 0) is 59.3 Å². The maximum absolute atomic E-state index is 14.8. The summed E-state index contributed by atoms with van der Waals surface area (Å²) in [6.07, 6.45) is 0. The molecule has 0 saturated heterocycles. The average molecular weight is 1580 g/mol. The molecule has 456 valence electrons. The molecule has 88 heavy (non-hydrogen) atoms. The minimum atomic E-state index is -4.14. The van der Waals surface area contributed by atoms with E-state index in [2.05, 4.69) is 108 Å². The van der Waals surface area contributed by atoms with Crippen LogP contribution >= 0.6 is 77.0 Å². The van der Waals surface area contributed by atoms with Gasteiger partial charge in [0, 0.05) is 42.3 Å². The van der Waals surface area contributed by atoms with Gasteiger partial charge in [-0.25, -0.2) is 21.5 Å². The zero-order valence-electron chi connectivity index (χ0n) is 48.3. The summed E-state index contributed by atoms with van der Waals surface area (Å²) < 4.78 is 97.2. The molecule has 0 N–H and O–H groups in total. The summed E-state index contributed by atoms with van der Waals surface area (Å²) in [7, 11) is 1.31. The standard InChI is InChI=1S/2C31H29BrIN5O5S/c1-41-24-10-4-21(5-11-24)18-37(19-22-6-12-25(42-2)13-7-22)44(39,40)30-27(32)16-17-28(33)29(30)31-34-35-36-38(31)20-23-8-14-26(43-3)15-9-23;1-41-24-10-4-21(5-11-24)18-37(19-22-6-12-25(42-2)13-7-22)44(39,40)30-27(32)16-17-28(33)29(30)31-34-36-38(35-31)20-23-8-14-26(43-3)15-9-23/h2*4-17H,18-20H2,1-3H3. The molecule has 26 heteroatoms. The molecule has 8 aromatic carbocycles. The topological polar surface area (TPSA) is 217 Å². The number of ether oxygens (including phenoxy) is 6. The van der Waals surface area contributed by atoms with E-state index in [-0.39, 0.29) is 41.8 Å². The maximum atomic E-state index is 14.8. The van der Waals surface area contributed by atoms with Gasteiger partial charge in [0.05, 0.1) is 66.9 Å². The third-order valence-corrected chi connectivity index (χ3v) is 21.2. The van der Waals surface area contributed by atoms with Crippen molar-refractivity contribution in [2.24, 2.45) is 0 Å². The van der Waals surface area contributed by atoms with Crippen molar-refractivity contribution in [3.05, 3.63) is 219 Å². The van der Waals surface area contributed by atoms with Crippen LogP contribution in [0.2, 0.25) is 0 Å². The van der Waals surface area contributed by atoms with E-state index in [0.29, 0.717) is 69.1 Å². The number of rotatable bonds is 24. The van der Waals surface area contributed by atoms with Crippen LogP contribution in [-0.4, -0.2) is 109 Å². The Morgan fingerprint density at radius 1 is 0.409 bits per heavy atom. The smallest absolute Gasteiger partial charge is 0.245 e. The highest BCUT2D eigenvalue weighted by atomic mass is 127. The molecule has 2 heterocycles. The second kappa shape index (κ2) is 30.0. The lowest BCUT2D eigenvalue weighted by atomic mass is 10.2.